The van der Waals surface area contributed by atoms with Crippen molar-refractivity contribution in [3.05, 3.63) is 94.0 Å². The van der Waals surface area contributed by atoms with E-state index in [1.54, 1.807) is 30.3 Å². The highest BCUT2D eigenvalue weighted by Gasteiger charge is 2.22. The Labute approximate surface area is 206 Å². The van der Waals surface area contributed by atoms with E-state index in [1.807, 2.05) is 71.9 Å². The number of nitrogens with zero attached hydrogens (tertiary/aromatic N) is 1. The lowest BCUT2D eigenvalue weighted by atomic mass is 10.0. The maximum Gasteiger partial charge on any atom is 0.136 e. The van der Waals surface area contributed by atoms with Crippen LogP contribution in [0.3, 0.4) is 0 Å². The molecule has 0 amide bonds. The summed E-state index contributed by atoms with van der Waals surface area (Å²) in [5.41, 5.74) is 8.21. The highest BCUT2D eigenvalue weighted by Crippen LogP contribution is 2.44. The van der Waals surface area contributed by atoms with Crippen LogP contribution in [0, 0.1) is 41.5 Å². The average Bonchev–Trinajstić information content (AvgIpc) is 2.77. The Morgan fingerprint density at radius 2 is 1.03 bits per heavy atom. The van der Waals surface area contributed by atoms with Crippen LogP contribution in [-0.4, -0.2) is 15.3 Å². The van der Waals surface area contributed by atoms with E-state index in [0.29, 0.717) is 17.1 Å². The van der Waals surface area contributed by atoms with E-state index in [9.17, 15) is 15.3 Å². The second kappa shape index (κ2) is 9.26. The van der Waals surface area contributed by atoms with Gasteiger partial charge in [0.25, 0.3) is 0 Å². The number of aryl methyl sites for hydroxylation is 5. The molecule has 0 unspecified atom stereocenters. The van der Waals surface area contributed by atoms with Crippen molar-refractivity contribution in [3.8, 4) is 28.7 Å². The third kappa shape index (κ3) is 4.62. The lowest BCUT2D eigenvalue weighted by molar-refractivity contribution is 0.446. The first-order chi connectivity index (χ1) is 16.6. The van der Waals surface area contributed by atoms with Crippen LogP contribution in [0.5, 0.6) is 28.7 Å². The summed E-state index contributed by atoms with van der Waals surface area (Å²) in [6.45, 7) is 11.7. The van der Waals surface area contributed by atoms with Crippen LogP contribution in [0.4, 0.5) is 17.1 Å². The third-order valence-electron chi connectivity index (χ3n) is 6.29. The van der Waals surface area contributed by atoms with Crippen LogP contribution < -0.4 is 9.64 Å². The quantitative estimate of drug-likeness (QED) is 0.277. The Hall–Kier alpha value is -4.12. The number of hydrogen-bond donors (Lipinski definition) is 3. The number of benzene rings is 4. The molecule has 35 heavy (non-hydrogen) atoms. The minimum Gasteiger partial charge on any atom is -0.508 e. The van der Waals surface area contributed by atoms with E-state index in [2.05, 4.69) is 4.90 Å². The van der Waals surface area contributed by atoms with Crippen molar-refractivity contribution < 1.29 is 20.1 Å². The Balaban J connectivity index is 1.84. The molecule has 0 aliphatic rings. The van der Waals surface area contributed by atoms with Gasteiger partial charge in [-0.3, -0.25) is 0 Å². The van der Waals surface area contributed by atoms with Crippen molar-refractivity contribution in [2.24, 2.45) is 0 Å². The van der Waals surface area contributed by atoms with Gasteiger partial charge in [-0.05, 0) is 124 Å². The molecule has 4 aromatic rings. The van der Waals surface area contributed by atoms with E-state index in [-0.39, 0.29) is 17.2 Å². The number of phenolic OH excluding ortho intramolecular Hbond substituents is 3. The molecule has 4 rings (SSSR count). The molecule has 5 nitrogen and oxygen atoms in total. The van der Waals surface area contributed by atoms with Gasteiger partial charge < -0.3 is 25.0 Å². The van der Waals surface area contributed by atoms with Gasteiger partial charge in [-0.1, -0.05) is 6.07 Å². The molecule has 4 aromatic carbocycles. The van der Waals surface area contributed by atoms with Crippen LogP contribution in [0.1, 0.15) is 33.4 Å². The predicted molar refractivity (Wildman–Crippen MR) is 141 cm³/mol. The number of aromatic hydroxyl groups is 3. The van der Waals surface area contributed by atoms with Crippen molar-refractivity contribution in [1.82, 2.24) is 0 Å². The van der Waals surface area contributed by atoms with Gasteiger partial charge in [0, 0.05) is 11.3 Å². The Morgan fingerprint density at radius 3 is 1.49 bits per heavy atom. The van der Waals surface area contributed by atoms with Crippen LogP contribution in [0.2, 0.25) is 0 Å². The topological polar surface area (TPSA) is 73.2 Å². The standard InChI is InChI=1S/C30H31NO4/c1-17-7-12-27(34)22(6)30(17)35-26-10-8-23(9-11-26)31(28-18(2)13-24(32)14-19(28)3)29-20(4)15-25(33)16-21(29)5/h7-16,32-34H,1-6H3. The minimum absolute atomic E-state index is 0.199. The first kappa shape index (κ1) is 24.0. The Kier molecular flexibility index (Phi) is 6.35. The SMILES string of the molecule is Cc1ccc(O)c(C)c1Oc1ccc(N(c2c(C)cc(O)cc2C)c2c(C)cc(O)cc2C)cc1. The number of hydrogen-bond acceptors (Lipinski definition) is 5. The minimum atomic E-state index is 0.199. The second-order valence-electron chi connectivity index (χ2n) is 9.14. The van der Waals surface area contributed by atoms with Gasteiger partial charge in [0.15, 0.2) is 0 Å². The summed E-state index contributed by atoms with van der Waals surface area (Å²) in [7, 11) is 0. The van der Waals surface area contributed by atoms with Gasteiger partial charge in [0.05, 0.1) is 11.4 Å². The summed E-state index contributed by atoms with van der Waals surface area (Å²) in [5, 5.41) is 30.4. The van der Waals surface area contributed by atoms with Crippen molar-refractivity contribution in [1.29, 1.82) is 0 Å². The summed E-state index contributed by atoms with van der Waals surface area (Å²) in [5.74, 6) is 1.95. The Morgan fingerprint density at radius 1 is 0.571 bits per heavy atom. The van der Waals surface area contributed by atoms with Crippen molar-refractivity contribution in [3.63, 3.8) is 0 Å². The molecule has 5 heteroatoms. The van der Waals surface area contributed by atoms with Crippen LogP contribution in [-0.2, 0) is 0 Å². The molecule has 0 radical (unpaired) electrons. The molecule has 0 aromatic heterocycles. The number of rotatable bonds is 5. The lowest BCUT2D eigenvalue weighted by Crippen LogP contribution is -2.15. The molecular formula is C30H31NO4. The first-order valence-corrected chi connectivity index (χ1v) is 11.5. The van der Waals surface area contributed by atoms with Gasteiger partial charge in [0.2, 0.25) is 0 Å². The van der Waals surface area contributed by atoms with Gasteiger partial charge in [-0.15, -0.1) is 0 Å². The average molecular weight is 470 g/mol. The summed E-state index contributed by atoms with van der Waals surface area (Å²) >= 11 is 0. The van der Waals surface area contributed by atoms with E-state index in [1.165, 1.54) is 0 Å². The van der Waals surface area contributed by atoms with E-state index in [4.69, 9.17) is 4.74 Å². The molecular weight excluding hydrogens is 438 g/mol. The molecule has 0 aliphatic carbocycles. The molecule has 0 aliphatic heterocycles. The van der Waals surface area contributed by atoms with Gasteiger partial charge in [-0.25, -0.2) is 0 Å². The summed E-state index contributed by atoms with van der Waals surface area (Å²) in [6.07, 6.45) is 0. The highest BCUT2D eigenvalue weighted by atomic mass is 16.5. The zero-order chi connectivity index (χ0) is 25.4. The molecule has 0 heterocycles. The van der Waals surface area contributed by atoms with Crippen LogP contribution >= 0.6 is 0 Å². The molecule has 0 spiro atoms. The molecule has 0 fully saturated rings. The number of phenols is 3. The van der Waals surface area contributed by atoms with Gasteiger partial charge in [0.1, 0.15) is 28.7 Å². The molecule has 0 bridgehead atoms. The van der Waals surface area contributed by atoms with Crippen LogP contribution in [0.15, 0.2) is 60.7 Å². The highest BCUT2D eigenvalue weighted by molar-refractivity contribution is 5.84. The van der Waals surface area contributed by atoms with E-state index >= 15 is 0 Å². The molecule has 0 saturated heterocycles. The maximum atomic E-state index is 10.1. The van der Waals surface area contributed by atoms with Crippen LogP contribution in [0.25, 0.3) is 0 Å². The summed E-state index contributed by atoms with van der Waals surface area (Å²) < 4.78 is 6.15. The first-order valence-electron chi connectivity index (χ1n) is 11.5. The summed E-state index contributed by atoms with van der Waals surface area (Å²) in [4.78, 5) is 2.16. The van der Waals surface area contributed by atoms with E-state index < -0.39 is 0 Å². The van der Waals surface area contributed by atoms with Crippen molar-refractivity contribution in [2.45, 2.75) is 41.5 Å². The third-order valence-corrected chi connectivity index (χ3v) is 6.29. The number of ether oxygens (including phenoxy) is 1. The van der Waals surface area contributed by atoms with Gasteiger partial charge in [-0.2, -0.15) is 0 Å². The van der Waals surface area contributed by atoms with Crippen molar-refractivity contribution in [2.75, 3.05) is 4.90 Å². The fourth-order valence-electron chi connectivity index (χ4n) is 4.70. The normalized spacial score (nSPS) is 10.9. The van der Waals surface area contributed by atoms with Gasteiger partial charge >= 0.3 is 0 Å². The zero-order valence-electron chi connectivity index (χ0n) is 21.0. The largest absolute Gasteiger partial charge is 0.508 e. The molecule has 0 saturated carbocycles. The molecule has 0 atom stereocenters. The predicted octanol–water partition coefficient (Wildman–Crippen LogP) is 7.92. The zero-order valence-corrected chi connectivity index (χ0v) is 21.0. The van der Waals surface area contributed by atoms with E-state index in [0.717, 1.165) is 44.9 Å². The fraction of sp³-hybridized carbons (Fsp3) is 0.200. The number of anilines is 3. The summed E-state index contributed by atoms with van der Waals surface area (Å²) in [6, 6.07) is 18.3. The maximum absolute atomic E-state index is 10.1. The molecule has 180 valence electrons. The Bertz CT molecular complexity index is 1300. The second-order valence-corrected chi connectivity index (χ2v) is 9.14. The fourth-order valence-corrected chi connectivity index (χ4v) is 4.70. The smallest absolute Gasteiger partial charge is 0.136 e. The van der Waals surface area contributed by atoms with Crippen molar-refractivity contribution >= 4 is 17.1 Å². The lowest BCUT2D eigenvalue weighted by Gasteiger charge is -2.31. The monoisotopic (exact) mass is 469 g/mol. The molecule has 3 N–H and O–H groups in total.